The molecule has 0 atom stereocenters. The van der Waals surface area contributed by atoms with Gasteiger partial charge in [0.2, 0.25) is 0 Å². The molecule has 0 spiro atoms. The summed E-state index contributed by atoms with van der Waals surface area (Å²) in [6.45, 7) is 12.8. The number of nitrogens with zero attached hydrogens (tertiary/aromatic N) is 3. The van der Waals surface area contributed by atoms with Crippen molar-refractivity contribution >= 4 is 10.9 Å². The number of aryl methyl sites for hydroxylation is 2. The van der Waals surface area contributed by atoms with E-state index in [0.29, 0.717) is 17.4 Å². The summed E-state index contributed by atoms with van der Waals surface area (Å²) in [4.78, 5) is 18.1. The summed E-state index contributed by atoms with van der Waals surface area (Å²) in [6.07, 6.45) is 2.22. The number of rotatable bonds is 5. The second-order valence-corrected chi connectivity index (χ2v) is 10.4. The van der Waals surface area contributed by atoms with Gasteiger partial charge in [0.15, 0.2) is 0 Å². The molecule has 2 aromatic heterocycles. The van der Waals surface area contributed by atoms with Crippen molar-refractivity contribution in [1.82, 2.24) is 19.7 Å². The predicted molar refractivity (Wildman–Crippen MR) is 130 cm³/mol. The van der Waals surface area contributed by atoms with Crippen LogP contribution in [0.1, 0.15) is 69.1 Å². The van der Waals surface area contributed by atoms with Crippen molar-refractivity contribution in [3.05, 3.63) is 51.3 Å². The van der Waals surface area contributed by atoms with Crippen molar-refractivity contribution in [2.24, 2.45) is 7.05 Å². The van der Waals surface area contributed by atoms with Gasteiger partial charge in [-0.2, -0.15) is 5.10 Å². The first kappa shape index (κ1) is 22.7. The second-order valence-electron chi connectivity index (χ2n) is 10.4. The smallest absolute Gasteiger partial charge is 0.269 e. The van der Waals surface area contributed by atoms with Crippen LogP contribution in [-0.4, -0.2) is 50.0 Å². The molecule has 1 saturated heterocycles. The average Bonchev–Trinajstić information content (AvgIpc) is 3.10. The second kappa shape index (κ2) is 8.49. The highest BCUT2D eigenvalue weighted by Gasteiger charge is 2.26. The maximum Gasteiger partial charge on any atom is 0.269 e. The van der Waals surface area contributed by atoms with Crippen LogP contribution in [0.5, 0.6) is 0 Å². The zero-order chi connectivity index (χ0) is 23.2. The molecule has 32 heavy (non-hydrogen) atoms. The lowest BCUT2D eigenvalue weighted by Crippen LogP contribution is -2.42. The van der Waals surface area contributed by atoms with E-state index in [4.69, 9.17) is 0 Å². The summed E-state index contributed by atoms with van der Waals surface area (Å²) in [5.74, 6) is 0.857. The summed E-state index contributed by atoms with van der Waals surface area (Å²) < 4.78 is 1.42. The molecule has 0 amide bonds. The van der Waals surface area contributed by atoms with Crippen LogP contribution in [0.4, 0.5) is 0 Å². The molecule has 1 aromatic carbocycles. The summed E-state index contributed by atoms with van der Waals surface area (Å²) in [7, 11) is 1.71. The molecule has 1 aliphatic heterocycles. The van der Waals surface area contributed by atoms with Crippen LogP contribution in [0.3, 0.4) is 0 Å². The zero-order valence-corrected chi connectivity index (χ0v) is 20.2. The fourth-order valence-electron chi connectivity index (χ4n) is 5.14. The lowest BCUT2D eigenvalue weighted by atomic mass is 9.87. The van der Waals surface area contributed by atoms with Gasteiger partial charge in [0, 0.05) is 30.1 Å². The van der Waals surface area contributed by atoms with Gasteiger partial charge in [-0.1, -0.05) is 19.9 Å². The Morgan fingerprint density at radius 3 is 2.50 bits per heavy atom. The first-order chi connectivity index (χ1) is 15.0. The van der Waals surface area contributed by atoms with Crippen LogP contribution >= 0.6 is 0 Å². The maximum atomic E-state index is 12.1. The van der Waals surface area contributed by atoms with Gasteiger partial charge < -0.3 is 15.0 Å². The molecule has 3 heterocycles. The minimum absolute atomic E-state index is 0.0610. The van der Waals surface area contributed by atoms with Crippen LogP contribution in [0, 0.1) is 6.92 Å². The number of fused-ring (bicyclic) bond motifs is 1. The molecule has 2 N–H and O–H groups in total. The normalized spacial score (nSPS) is 16.4. The molecule has 0 saturated carbocycles. The zero-order valence-electron chi connectivity index (χ0n) is 20.2. The number of β-amino-alcohol motifs (C(OH)–C–C–N with tert-alkyl or cyclic N) is 1. The van der Waals surface area contributed by atoms with Crippen molar-refractivity contribution in [1.29, 1.82) is 0 Å². The number of likely N-dealkylation sites (tertiary alicyclic amines) is 1. The van der Waals surface area contributed by atoms with Gasteiger partial charge in [0.25, 0.3) is 5.56 Å². The first-order valence-electron chi connectivity index (χ1n) is 11.7. The molecular weight excluding hydrogens is 400 g/mol. The Morgan fingerprint density at radius 1 is 1.22 bits per heavy atom. The minimum Gasteiger partial charge on any atom is -0.389 e. The molecule has 1 aliphatic rings. The molecule has 0 bridgehead atoms. The summed E-state index contributed by atoms with van der Waals surface area (Å²) in [5, 5.41) is 15.9. The number of benzene rings is 1. The quantitative estimate of drug-likeness (QED) is 0.625. The van der Waals surface area contributed by atoms with Crippen LogP contribution in [0.2, 0.25) is 0 Å². The Hall–Kier alpha value is -2.44. The largest absolute Gasteiger partial charge is 0.389 e. The van der Waals surface area contributed by atoms with Crippen LogP contribution in [-0.2, 0) is 7.05 Å². The number of aliphatic hydroxyl groups is 1. The first-order valence-corrected chi connectivity index (χ1v) is 11.7. The highest BCUT2D eigenvalue weighted by atomic mass is 16.3. The number of aromatic amines is 1. The highest BCUT2D eigenvalue weighted by Crippen LogP contribution is 2.37. The van der Waals surface area contributed by atoms with Crippen molar-refractivity contribution in [2.45, 2.75) is 64.9 Å². The van der Waals surface area contributed by atoms with Gasteiger partial charge in [-0.3, -0.25) is 4.79 Å². The number of H-pyrrole nitrogens is 1. The highest BCUT2D eigenvalue weighted by molar-refractivity contribution is 5.91. The fraction of sp³-hybridized carbons (Fsp3) is 0.538. The molecule has 0 radical (unpaired) electrons. The molecule has 0 aliphatic carbocycles. The number of piperidine rings is 1. The molecule has 172 valence electrons. The maximum absolute atomic E-state index is 12.1. The van der Waals surface area contributed by atoms with Crippen LogP contribution < -0.4 is 5.56 Å². The molecule has 3 aromatic rings. The minimum atomic E-state index is -0.646. The third-order valence-corrected chi connectivity index (χ3v) is 6.61. The molecule has 1 fully saturated rings. The van der Waals surface area contributed by atoms with Crippen molar-refractivity contribution in [3.8, 4) is 11.4 Å². The fourth-order valence-corrected chi connectivity index (χ4v) is 5.14. The van der Waals surface area contributed by atoms with Crippen molar-refractivity contribution in [3.63, 3.8) is 0 Å². The Bertz CT molecular complexity index is 1150. The van der Waals surface area contributed by atoms with Crippen molar-refractivity contribution < 1.29 is 5.11 Å². The van der Waals surface area contributed by atoms with E-state index < -0.39 is 5.60 Å². The third-order valence-electron chi connectivity index (χ3n) is 6.61. The third kappa shape index (κ3) is 4.52. The van der Waals surface area contributed by atoms with E-state index in [0.717, 1.165) is 49.4 Å². The van der Waals surface area contributed by atoms with Gasteiger partial charge in [0.05, 0.1) is 11.3 Å². The van der Waals surface area contributed by atoms with E-state index >= 15 is 0 Å². The van der Waals surface area contributed by atoms with E-state index in [-0.39, 0.29) is 5.56 Å². The monoisotopic (exact) mass is 436 g/mol. The van der Waals surface area contributed by atoms with Gasteiger partial charge in [-0.05, 0) is 87.9 Å². The number of nitrogens with one attached hydrogen (secondary N) is 1. The SMILES string of the molecule is Cc1cc(-c2[nH]c3ccc(C4CCN(CC(C)(C)O)CC4)cc3c2C(C)C)nn(C)c1=O. The molecule has 0 unspecified atom stereocenters. The van der Waals surface area contributed by atoms with Crippen molar-refractivity contribution in [2.75, 3.05) is 19.6 Å². The van der Waals surface area contributed by atoms with Crippen LogP contribution in [0.25, 0.3) is 22.3 Å². The number of hydrogen-bond donors (Lipinski definition) is 2. The lowest BCUT2D eigenvalue weighted by molar-refractivity contribution is 0.0282. The van der Waals surface area contributed by atoms with E-state index in [1.165, 1.54) is 21.2 Å². The topological polar surface area (TPSA) is 74.2 Å². The summed E-state index contributed by atoms with van der Waals surface area (Å²) >= 11 is 0. The van der Waals surface area contributed by atoms with E-state index in [2.05, 4.69) is 47.0 Å². The summed E-state index contributed by atoms with van der Waals surface area (Å²) in [5.41, 5.74) is 5.56. The van der Waals surface area contributed by atoms with E-state index in [1.54, 1.807) is 7.05 Å². The Kier molecular flexibility index (Phi) is 6.03. The van der Waals surface area contributed by atoms with Gasteiger partial charge in [-0.15, -0.1) is 0 Å². The average molecular weight is 437 g/mol. The van der Waals surface area contributed by atoms with Gasteiger partial charge >= 0.3 is 0 Å². The number of hydrogen-bond acceptors (Lipinski definition) is 4. The standard InChI is InChI=1S/C26H36N4O2/c1-16(2)23-20-14-19(18-9-11-30(12-10-18)15-26(4,5)32)7-8-21(20)27-24(23)22-13-17(3)25(31)29(6)28-22/h7-8,13-14,16,18,27,32H,9-12,15H2,1-6H3. The predicted octanol–water partition coefficient (Wildman–Crippen LogP) is 4.31. The molecule has 6 nitrogen and oxygen atoms in total. The van der Waals surface area contributed by atoms with E-state index in [9.17, 15) is 9.90 Å². The Labute approximate surface area is 190 Å². The molecule has 4 rings (SSSR count). The van der Waals surface area contributed by atoms with Gasteiger partial charge in [-0.25, -0.2) is 4.68 Å². The van der Waals surface area contributed by atoms with E-state index in [1.807, 2.05) is 26.8 Å². The van der Waals surface area contributed by atoms with Crippen LogP contribution in [0.15, 0.2) is 29.1 Å². The lowest BCUT2D eigenvalue weighted by Gasteiger charge is -2.35. The Balaban J connectivity index is 1.68. The number of aromatic nitrogens is 3. The van der Waals surface area contributed by atoms with Gasteiger partial charge in [0.1, 0.15) is 5.69 Å². The summed E-state index contributed by atoms with van der Waals surface area (Å²) in [6, 6.07) is 8.69. The molecular formula is C26H36N4O2. The molecule has 6 heteroatoms. The Morgan fingerprint density at radius 2 is 1.91 bits per heavy atom.